The molecule has 0 saturated carbocycles. The average Bonchev–Trinajstić information content (AvgIpc) is 2.57. The second-order valence-corrected chi connectivity index (χ2v) is 7.19. The molecule has 0 saturated heterocycles. The van der Waals surface area contributed by atoms with Gasteiger partial charge in [0, 0.05) is 6.92 Å². The van der Waals surface area contributed by atoms with Gasteiger partial charge in [0.15, 0.2) is 0 Å². The summed E-state index contributed by atoms with van der Waals surface area (Å²) in [4.78, 5) is 29.8. The van der Waals surface area contributed by atoms with Gasteiger partial charge in [-0.3, -0.25) is 15.0 Å². The fraction of sp³-hybridized carbons (Fsp3) is 0.188. The minimum Gasteiger partial charge on any atom is -0.383 e. The number of carbonyl (C=O) groups excluding carboxylic acids is 2. The van der Waals surface area contributed by atoms with Gasteiger partial charge in [-0.15, -0.1) is 4.83 Å². The number of nitrogens with two attached hydrogens (primary N) is 1. The number of anilines is 2. The first-order valence-electron chi connectivity index (χ1n) is 7.55. The van der Waals surface area contributed by atoms with Gasteiger partial charge in [-0.25, -0.2) is 13.4 Å². The zero-order valence-corrected chi connectivity index (χ0v) is 15.3. The van der Waals surface area contributed by atoms with Crippen LogP contribution in [0.3, 0.4) is 0 Å². The molecule has 0 fully saturated rings. The molecule has 0 radical (unpaired) electrons. The van der Waals surface area contributed by atoms with Crippen LogP contribution < -0.4 is 21.3 Å². The minimum atomic E-state index is -3.94. The lowest BCUT2D eigenvalue weighted by Crippen LogP contribution is -2.42. The molecule has 0 aliphatic carbocycles. The Morgan fingerprint density at radius 2 is 1.73 bits per heavy atom. The number of pyridine rings is 1. The van der Waals surface area contributed by atoms with Gasteiger partial charge >= 0.3 is 0 Å². The molecule has 26 heavy (non-hydrogen) atoms. The topological polar surface area (TPSA) is 143 Å². The lowest BCUT2D eigenvalue weighted by Gasteiger charge is -2.16. The van der Waals surface area contributed by atoms with E-state index in [9.17, 15) is 18.0 Å². The van der Waals surface area contributed by atoms with E-state index in [0.29, 0.717) is 16.9 Å². The van der Waals surface area contributed by atoms with Crippen LogP contribution in [-0.4, -0.2) is 25.2 Å². The number of nitrogens with zero attached hydrogens (tertiary/aromatic N) is 1. The zero-order valence-electron chi connectivity index (χ0n) is 14.5. The summed E-state index contributed by atoms with van der Waals surface area (Å²) in [5, 5.41) is 2.59. The van der Waals surface area contributed by atoms with E-state index in [1.54, 1.807) is 32.0 Å². The third-order valence-electron chi connectivity index (χ3n) is 3.54. The van der Waals surface area contributed by atoms with Gasteiger partial charge in [-0.1, -0.05) is 18.2 Å². The van der Waals surface area contributed by atoms with Crippen molar-refractivity contribution in [3.05, 3.63) is 47.2 Å². The SMILES string of the molecule is CC(=O)Nc1c(C)nc(N)c(C(=O)NNS(=O)(=O)c2ccccc2)c1C. The monoisotopic (exact) mass is 377 g/mol. The average molecular weight is 377 g/mol. The maximum absolute atomic E-state index is 12.4. The Morgan fingerprint density at radius 3 is 2.31 bits per heavy atom. The maximum atomic E-state index is 12.4. The fourth-order valence-corrected chi connectivity index (χ4v) is 3.22. The number of nitrogen functional groups attached to an aromatic ring is 1. The summed E-state index contributed by atoms with van der Waals surface area (Å²) >= 11 is 0. The summed E-state index contributed by atoms with van der Waals surface area (Å²) in [5.41, 5.74) is 9.06. The van der Waals surface area contributed by atoms with Crippen molar-refractivity contribution >= 4 is 33.3 Å². The Balaban J connectivity index is 2.29. The second kappa shape index (κ2) is 7.50. The standard InChI is InChI=1S/C16H19N5O4S/c1-9-13(15(17)18-10(2)14(9)19-11(3)22)16(23)20-21-26(24,25)12-7-5-4-6-8-12/h4-8,21H,1-3H3,(H2,17,18)(H,19,22)(H,20,23). The lowest BCUT2D eigenvalue weighted by molar-refractivity contribution is -0.114. The lowest BCUT2D eigenvalue weighted by atomic mass is 10.1. The highest BCUT2D eigenvalue weighted by molar-refractivity contribution is 7.89. The molecule has 1 heterocycles. The Kier molecular flexibility index (Phi) is 5.58. The van der Waals surface area contributed by atoms with Gasteiger partial charge in [0.2, 0.25) is 5.91 Å². The summed E-state index contributed by atoms with van der Waals surface area (Å²) in [6.45, 7) is 4.54. The molecule has 0 aliphatic heterocycles. The second-order valence-electron chi connectivity index (χ2n) is 5.51. The Morgan fingerprint density at radius 1 is 1.12 bits per heavy atom. The van der Waals surface area contributed by atoms with Gasteiger partial charge in [-0.2, -0.15) is 0 Å². The number of carbonyl (C=O) groups is 2. The summed E-state index contributed by atoms with van der Waals surface area (Å²) in [6, 6.07) is 7.56. The molecular weight excluding hydrogens is 358 g/mol. The van der Waals surface area contributed by atoms with E-state index in [1.807, 2.05) is 4.83 Å². The van der Waals surface area contributed by atoms with E-state index >= 15 is 0 Å². The summed E-state index contributed by atoms with van der Waals surface area (Å²) in [6.07, 6.45) is 0. The van der Waals surface area contributed by atoms with Gasteiger partial charge in [-0.05, 0) is 31.5 Å². The number of sulfonamides is 1. The van der Waals surface area contributed by atoms with Crippen molar-refractivity contribution in [2.75, 3.05) is 11.1 Å². The van der Waals surface area contributed by atoms with Crippen molar-refractivity contribution in [3.8, 4) is 0 Å². The number of hydrogen-bond donors (Lipinski definition) is 4. The number of aromatic nitrogens is 1. The summed E-state index contributed by atoms with van der Waals surface area (Å²) < 4.78 is 24.3. The number of benzene rings is 1. The largest absolute Gasteiger partial charge is 0.383 e. The molecule has 10 heteroatoms. The van der Waals surface area contributed by atoms with Crippen molar-refractivity contribution in [1.82, 2.24) is 15.2 Å². The molecule has 138 valence electrons. The van der Waals surface area contributed by atoms with Crippen LogP contribution in [0.15, 0.2) is 35.2 Å². The van der Waals surface area contributed by atoms with Crippen molar-refractivity contribution in [2.45, 2.75) is 25.7 Å². The number of hydrazine groups is 1. The quantitative estimate of drug-likeness (QED) is 0.569. The molecule has 9 nitrogen and oxygen atoms in total. The number of nitrogens with one attached hydrogen (secondary N) is 3. The first-order chi connectivity index (χ1) is 12.1. The van der Waals surface area contributed by atoms with E-state index in [-0.39, 0.29) is 22.2 Å². The summed E-state index contributed by atoms with van der Waals surface area (Å²) in [5.74, 6) is -1.21. The van der Waals surface area contributed by atoms with E-state index in [1.165, 1.54) is 19.1 Å². The van der Waals surface area contributed by atoms with Crippen molar-refractivity contribution in [2.24, 2.45) is 0 Å². The van der Waals surface area contributed by atoms with Crippen LogP contribution in [0.1, 0.15) is 28.5 Å². The number of aryl methyl sites for hydroxylation is 1. The number of rotatable bonds is 5. The highest BCUT2D eigenvalue weighted by atomic mass is 32.2. The van der Waals surface area contributed by atoms with Gasteiger partial charge in [0.1, 0.15) is 5.82 Å². The Labute approximate surface area is 151 Å². The van der Waals surface area contributed by atoms with Crippen LogP contribution in [0.2, 0.25) is 0 Å². The Bertz CT molecular complexity index is 958. The van der Waals surface area contributed by atoms with E-state index < -0.39 is 15.9 Å². The Hall–Kier alpha value is -2.98. The first-order valence-corrected chi connectivity index (χ1v) is 9.03. The molecular formula is C16H19N5O4S. The van der Waals surface area contributed by atoms with Gasteiger partial charge in [0.05, 0.1) is 21.8 Å². The van der Waals surface area contributed by atoms with E-state index in [2.05, 4.69) is 15.7 Å². The molecule has 0 atom stereocenters. The molecule has 5 N–H and O–H groups in total. The highest BCUT2D eigenvalue weighted by Crippen LogP contribution is 2.26. The van der Waals surface area contributed by atoms with Gasteiger partial charge in [0.25, 0.3) is 15.9 Å². The van der Waals surface area contributed by atoms with Crippen molar-refractivity contribution in [1.29, 1.82) is 0 Å². The van der Waals surface area contributed by atoms with E-state index in [0.717, 1.165) is 0 Å². The van der Waals surface area contributed by atoms with Crippen LogP contribution in [0.4, 0.5) is 11.5 Å². The molecule has 2 amide bonds. The molecule has 0 aliphatic rings. The van der Waals surface area contributed by atoms with Crippen LogP contribution in [0.5, 0.6) is 0 Å². The van der Waals surface area contributed by atoms with Gasteiger partial charge < -0.3 is 11.1 Å². The van der Waals surface area contributed by atoms with Crippen LogP contribution in [-0.2, 0) is 14.8 Å². The molecule has 2 aromatic rings. The molecule has 1 aromatic carbocycles. The van der Waals surface area contributed by atoms with Crippen LogP contribution >= 0.6 is 0 Å². The predicted molar refractivity (Wildman–Crippen MR) is 96.7 cm³/mol. The smallest absolute Gasteiger partial charge is 0.270 e. The third-order valence-corrected chi connectivity index (χ3v) is 4.80. The van der Waals surface area contributed by atoms with Crippen molar-refractivity contribution in [3.63, 3.8) is 0 Å². The van der Waals surface area contributed by atoms with Crippen molar-refractivity contribution < 1.29 is 18.0 Å². The predicted octanol–water partition coefficient (Wildman–Crippen LogP) is 0.862. The zero-order chi connectivity index (χ0) is 19.5. The summed E-state index contributed by atoms with van der Waals surface area (Å²) in [7, 11) is -3.94. The molecule has 0 bridgehead atoms. The van der Waals surface area contributed by atoms with Crippen LogP contribution in [0.25, 0.3) is 0 Å². The normalized spacial score (nSPS) is 11.0. The molecule has 0 spiro atoms. The first kappa shape index (κ1) is 19.3. The maximum Gasteiger partial charge on any atom is 0.270 e. The molecule has 2 rings (SSSR count). The molecule has 0 unspecified atom stereocenters. The number of amides is 2. The highest BCUT2D eigenvalue weighted by Gasteiger charge is 2.22. The van der Waals surface area contributed by atoms with E-state index in [4.69, 9.17) is 5.73 Å². The van der Waals surface area contributed by atoms with Crippen LogP contribution in [0, 0.1) is 13.8 Å². The number of hydrogen-bond acceptors (Lipinski definition) is 6. The third kappa shape index (κ3) is 4.16. The fourth-order valence-electron chi connectivity index (χ4n) is 2.36. The molecule has 1 aromatic heterocycles. The minimum absolute atomic E-state index is 0.00837.